The van der Waals surface area contributed by atoms with Gasteiger partial charge in [0.05, 0.1) is 6.61 Å². The first-order chi connectivity index (χ1) is 10.2. The van der Waals surface area contributed by atoms with Crippen LogP contribution in [-0.2, 0) is 11.3 Å². The lowest BCUT2D eigenvalue weighted by molar-refractivity contribution is 0.145. The van der Waals surface area contributed by atoms with Crippen molar-refractivity contribution in [3.05, 3.63) is 29.6 Å². The van der Waals surface area contributed by atoms with Crippen LogP contribution in [0, 0.1) is 5.82 Å². The fourth-order valence-electron chi connectivity index (χ4n) is 1.69. The molecule has 0 aliphatic carbocycles. The third kappa shape index (κ3) is 6.94. The molecular formula is C15H23FN2O3. The molecule has 2 N–H and O–H groups in total. The van der Waals surface area contributed by atoms with Crippen LogP contribution in [0.25, 0.3) is 0 Å². The second-order valence-corrected chi connectivity index (χ2v) is 4.36. The van der Waals surface area contributed by atoms with E-state index < -0.39 is 5.82 Å². The van der Waals surface area contributed by atoms with E-state index in [2.05, 4.69) is 10.6 Å². The average Bonchev–Trinajstić information content (AvgIpc) is 2.47. The molecule has 0 atom stereocenters. The highest BCUT2D eigenvalue weighted by molar-refractivity contribution is 5.73. The molecule has 1 aromatic rings. The van der Waals surface area contributed by atoms with Crippen LogP contribution >= 0.6 is 0 Å². The number of urea groups is 1. The van der Waals surface area contributed by atoms with Gasteiger partial charge in [0, 0.05) is 26.3 Å². The van der Waals surface area contributed by atoms with E-state index in [1.165, 1.54) is 6.07 Å². The zero-order valence-electron chi connectivity index (χ0n) is 12.6. The van der Waals surface area contributed by atoms with Crippen LogP contribution in [0.1, 0.15) is 25.8 Å². The number of ether oxygens (including phenoxy) is 2. The highest BCUT2D eigenvalue weighted by Crippen LogP contribution is 2.18. The minimum atomic E-state index is -0.423. The molecule has 0 aliphatic rings. The lowest BCUT2D eigenvalue weighted by Crippen LogP contribution is -2.35. The van der Waals surface area contributed by atoms with Gasteiger partial charge < -0.3 is 20.1 Å². The van der Waals surface area contributed by atoms with Crippen LogP contribution in [0.3, 0.4) is 0 Å². The van der Waals surface area contributed by atoms with E-state index in [0.29, 0.717) is 31.9 Å². The van der Waals surface area contributed by atoms with E-state index in [0.717, 1.165) is 6.42 Å². The van der Waals surface area contributed by atoms with Crippen molar-refractivity contribution in [3.63, 3.8) is 0 Å². The Hall–Kier alpha value is -1.82. The SMILES string of the molecule is CCOCCCNC(=O)NCc1ccc(OCC)c(F)c1. The first-order valence-corrected chi connectivity index (χ1v) is 7.18. The summed E-state index contributed by atoms with van der Waals surface area (Å²) in [5, 5.41) is 5.38. The maximum absolute atomic E-state index is 13.6. The summed E-state index contributed by atoms with van der Waals surface area (Å²) in [5.74, 6) is -0.199. The number of hydrogen-bond acceptors (Lipinski definition) is 3. The molecule has 0 radical (unpaired) electrons. The molecule has 0 fully saturated rings. The predicted molar refractivity (Wildman–Crippen MR) is 78.9 cm³/mol. The Morgan fingerprint density at radius 3 is 2.71 bits per heavy atom. The second-order valence-electron chi connectivity index (χ2n) is 4.36. The number of benzene rings is 1. The van der Waals surface area contributed by atoms with Gasteiger partial charge in [0.15, 0.2) is 11.6 Å². The van der Waals surface area contributed by atoms with Crippen LogP contribution in [0.2, 0.25) is 0 Å². The van der Waals surface area contributed by atoms with Gasteiger partial charge in [-0.1, -0.05) is 6.07 Å². The lowest BCUT2D eigenvalue weighted by Gasteiger charge is -2.09. The Morgan fingerprint density at radius 2 is 2.05 bits per heavy atom. The summed E-state index contributed by atoms with van der Waals surface area (Å²) in [6.45, 7) is 6.25. The number of nitrogens with one attached hydrogen (secondary N) is 2. The van der Waals surface area contributed by atoms with Gasteiger partial charge in [0.2, 0.25) is 0 Å². The molecule has 0 aliphatic heterocycles. The van der Waals surface area contributed by atoms with Crippen molar-refractivity contribution in [2.45, 2.75) is 26.8 Å². The molecule has 0 aromatic heterocycles. The summed E-state index contributed by atoms with van der Waals surface area (Å²) < 4.78 is 23.9. The normalized spacial score (nSPS) is 10.2. The molecule has 1 aromatic carbocycles. The van der Waals surface area contributed by atoms with Crippen molar-refractivity contribution in [2.24, 2.45) is 0 Å². The average molecular weight is 298 g/mol. The maximum atomic E-state index is 13.6. The number of hydrogen-bond donors (Lipinski definition) is 2. The second kappa shape index (κ2) is 9.99. The van der Waals surface area contributed by atoms with E-state index in [9.17, 15) is 9.18 Å². The summed E-state index contributed by atoms with van der Waals surface area (Å²) in [5.41, 5.74) is 0.681. The minimum absolute atomic E-state index is 0.224. The standard InChI is InChI=1S/C15H23FN2O3/c1-3-20-9-5-8-17-15(19)18-11-12-6-7-14(21-4-2)13(16)10-12/h6-7,10H,3-5,8-9,11H2,1-2H3,(H2,17,18,19). The van der Waals surface area contributed by atoms with E-state index >= 15 is 0 Å². The van der Waals surface area contributed by atoms with Crippen molar-refractivity contribution in [3.8, 4) is 5.75 Å². The van der Waals surface area contributed by atoms with E-state index in [-0.39, 0.29) is 18.3 Å². The smallest absolute Gasteiger partial charge is 0.315 e. The van der Waals surface area contributed by atoms with Gasteiger partial charge in [-0.15, -0.1) is 0 Å². The molecule has 0 unspecified atom stereocenters. The number of amides is 2. The zero-order chi connectivity index (χ0) is 15.5. The van der Waals surface area contributed by atoms with E-state index in [1.54, 1.807) is 19.1 Å². The molecule has 1 rings (SSSR count). The summed E-state index contributed by atoms with van der Waals surface area (Å²) in [4.78, 5) is 11.5. The maximum Gasteiger partial charge on any atom is 0.315 e. The summed E-state index contributed by atoms with van der Waals surface area (Å²) in [6, 6.07) is 4.38. The molecule has 5 nitrogen and oxygen atoms in total. The quantitative estimate of drug-likeness (QED) is 0.688. The number of rotatable bonds is 9. The fourth-order valence-corrected chi connectivity index (χ4v) is 1.69. The van der Waals surface area contributed by atoms with E-state index in [4.69, 9.17) is 9.47 Å². The summed E-state index contributed by atoms with van der Waals surface area (Å²) >= 11 is 0. The van der Waals surface area contributed by atoms with Crippen molar-refractivity contribution < 1.29 is 18.7 Å². The molecule has 118 valence electrons. The molecule has 2 amide bonds. The van der Waals surface area contributed by atoms with E-state index in [1.807, 2.05) is 6.92 Å². The Kier molecular flexibility index (Phi) is 8.19. The molecular weight excluding hydrogens is 275 g/mol. The van der Waals surface area contributed by atoms with Crippen LogP contribution in [-0.4, -0.2) is 32.4 Å². The van der Waals surface area contributed by atoms with Gasteiger partial charge in [-0.3, -0.25) is 0 Å². The lowest BCUT2D eigenvalue weighted by atomic mass is 10.2. The van der Waals surface area contributed by atoms with Crippen LogP contribution < -0.4 is 15.4 Å². The first-order valence-electron chi connectivity index (χ1n) is 7.18. The van der Waals surface area contributed by atoms with Gasteiger partial charge >= 0.3 is 6.03 Å². The minimum Gasteiger partial charge on any atom is -0.491 e. The van der Waals surface area contributed by atoms with Gasteiger partial charge in [-0.2, -0.15) is 0 Å². The largest absolute Gasteiger partial charge is 0.491 e. The molecule has 0 bridgehead atoms. The molecule has 0 heterocycles. The summed E-state index contributed by atoms with van der Waals surface area (Å²) in [6.07, 6.45) is 0.763. The third-order valence-electron chi connectivity index (χ3n) is 2.70. The van der Waals surface area contributed by atoms with Crippen LogP contribution in [0.15, 0.2) is 18.2 Å². The Labute approximate surface area is 124 Å². The molecule has 0 saturated heterocycles. The monoisotopic (exact) mass is 298 g/mol. The number of halogens is 1. The highest BCUT2D eigenvalue weighted by atomic mass is 19.1. The van der Waals surface area contributed by atoms with Gasteiger partial charge in [-0.25, -0.2) is 9.18 Å². The van der Waals surface area contributed by atoms with Crippen LogP contribution in [0.4, 0.5) is 9.18 Å². The summed E-state index contributed by atoms with van der Waals surface area (Å²) in [7, 11) is 0. The molecule has 0 spiro atoms. The van der Waals surface area contributed by atoms with Gasteiger partial charge in [0.25, 0.3) is 0 Å². The highest BCUT2D eigenvalue weighted by Gasteiger charge is 2.05. The zero-order valence-corrected chi connectivity index (χ0v) is 12.6. The number of carbonyl (C=O) groups is 1. The molecule has 6 heteroatoms. The number of carbonyl (C=O) groups excluding carboxylic acids is 1. The van der Waals surface area contributed by atoms with Crippen molar-refractivity contribution in [2.75, 3.05) is 26.4 Å². The topological polar surface area (TPSA) is 59.6 Å². The Bertz CT molecular complexity index is 441. The Balaban J connectivity index is 2.28. The molecule has 21 heavy (non-hydrogen) atoms. The fraction of sp³-hybridized carbons (Fsp3) is 0.533. The molecule has 0 saturated carbocycles. The third-order valence-corrected chi connectivity index (χ3v) is 2.70. The van der Waals surface area contributed by atoms with Crippen molar-refractivity contribution in [1.29, 1.82) is 0 Å². The van der Waals surface area contributed by atoms with Crippen molar-refractivity contribution in [1.82, 2.24) is 10.6 Å². The van der Waals surface area contributed by atoms with Crippen LogP contribution in [0.5, 0.6) is 5.75 Å². The Morgan fingerprint density at radius 1 is 1.24 bits per heavy atom. The van der Waals surface area contributed by atoms with Gasteiger partial charge in [0.1, 0.15) is 0 Å². The first kappa shape index (κ1) is 17.2. The van der Waals surface area contributed by atoms with Gasteiger partial charge in [-0.05, 0) is 38.0 Å². The van der Waals surface area contributed by atoms with Crippen molar-refractivity contribution >= 4 is 6.03 Å². The predicted octanol–water partition coefficient (Wildman–Crippen LogP) is 2.45.